The van der Waals surface area contributed by atoms with E-state index in [1.165, 1.54) is 38.6 Å². The molecule has 2 aliphatic heterocycles. The molecule has 1 amide bonds. The summed E-state index contributed by atoms with van der Waals surface area (Å²) >= 11 is 0. The van der Waals surface area contributed by atoms with Gasteiger partial charge in [-0.15, -0.1) is 0 Å². The normalized spacial score (nSPS) is 19.1. The number of aromatic nitrogens is 2. The summed E-state index contributed by atoms with van der Waals surface area (Å²) in [5.74, 6) is 0.950. The predicted octanol–water partition coefficient (Wildman–Crippen LogP) is 4.01. The van der Waals surface area contributed by atoms with E-state index in [1.54, 1.807) is 6.20 Å². The lowest BCUT2D eigenvalue weighted by molar-refractivity contribution is 0.0736. The molecule has 2 aliphatic rings. The van der Waals surface area contributed by atoms with Crippen LogP contribution in [0, 0.1) is 0 Å². The van der Waals surface area contributed by atoms with Crippen LogP contribution < -0.4 is 4.74 Å². The minimum Gasteiger partial charge on any atom is -0.478 e. The second-order valence-corrected chi connectivity index (χ2v) is 8.23. The largest absolute Gasteiger partial charge is 0.478 e. The maximum Gasteiger partial charge on any atom is 0.275 e. The molecule has 0 unspecified atom stereocenters. The van der Waals surface area contributed by atoms with E-state index in [0.717, 1.165) is 57.3 Å². The highest BCUT2D eigenvalue weighted by molar-refractivity contribution is 5.92. The summed E-state index contributed by atoms with van der Waals surface area (Å²) in [6.07, 6.45) is 12.2. The molecule has 1 fully saturated rings. The maximum atomic E-state index is 13.2. The molecule has 0 atom stereocenters. The number of oxazole rings is 1. The first kappa shape index (κ1) is 20.8. The third kappa shape index (κ3) is 5.59. The Balaban J connectivity index is 1.45. The van der Waals surface area contributed by atoms with Gasteiger partial charge in [0.15, 0.2) is 5.69 Å². The van der Waals surface area contributed by atoms with Gasteiger partial charge in [0.2, 0.25) is 11.8 Å². The highest BCUT2D eigenvalue weighted by atomic mass is 16.5. The van der Waals surface area contributed by atoms with Crippen molar-refractivity contribution in [3.8, 4) is 17.3 Å². The van der Waals surface area contributed by atoms with Crippen LogP contribution >= 0.6 is 0 Å². The minimum absolute atomic E-state index is 0.0379. The molecule has 30 heavy (non-hydrogen) atoms. The Bertz CT molecular complexity index is 816. The molecule has 4 bridgehead atoms. The third-order valence-electron chi connectivity index (χ3n) is 5.92. The van der Waals surface area contributed by atoms with E-state index in [0.29, 0.717) is 24.1 Å². The van der Waals surface area contributed by atoms with Crippen LogP contribution in [0.5, 0.6) is 5.88 Å². The molecule has 0 aliphatic carbocycles. The number of likely N-dealkylation sites (tertiary alicyclic amines) is 1. The number of carbonyl (C=O) groups is 1. The van der Waals surface area contributed by atoms with Crippen molar-refractivity contribution >= 4 is 5.91 Å². The number of fused-ring (bicyclic) bond motifs is 5. The van der Waals surface area contributed by atoms with E-state index in [1.807, 2.05) is 17.0 Å². The topological polar surface area (TPSA) is 71.7 Å². The Morgan fingerprint density at radius 1 is 0.967 bits per heavy atom. The lowest BCUT2D eigenvalue weighted by atomic mass is 10.1. The molecule has 4 heterocycles. The van der Waals surface area contributed by atoms with E-state index >= 15 is 0 Å². The molecule has 0 radical (unpaired) electrons. The van der Waals surface area contributed by atoms with Crippen molar-refractivity contribution < 1.29 is 13.9 Å². The average Bonchev–Trinajstić information content (AvgIpc) is 3.27. The zero-order valence-corrected chi connectivity index (χ0v) is 17.7. The number of ether oxygens (including phenoxy) is 1. The first-order valence-corrected chi connectivity index (χ1v) is 11.4. The van der Waals surface area contributed by atoms with Crippen LogP contribution in [-0.4, -0.2) is 65.0 Å². The van der Waals surface area contributed by atoms with Gasteiger partial charge in [0.1, 0.15) is 6.26 Å². The number of piperidine rings is 1. The Hall–Kier alpha value is -2.41. The first-order chi connectivity index (χ1) is 14.8. The summed E-state index contributed by atoms with van der Waals surface area (Å²) in [5.41, 5.74) is 1.14. The molecular formula is C23H32N4O3. The molecule has 0 N–H and O–H groups in total. The number of hydrogen-bond donors (Lipinski definition) is 0. The van der Waals surface area contributed by atoms with Gasteiger partial charge in [0, 0.05) is 30.9 Å². The van der Waals surface area contributed by atoms with Gasteiger partial charge in [-0.2, -0.15) is 0 Å². The van der Waals surface area contributed by atoms with Crippen molar-refractivity contribution in [2.24, 2.45) is 0 Å². The van der Waals surface area contributed by atoms with E-state index in [4.69, 9.17) is 9.15 Å². The van der Waals surface area contributed by atoms with E-state index in [2.05, 4.69) is 14.9 Å². The molecular weight excluding hydrogens is 380 g/mol. The predicted molar refractivity (Wildman–Crippen MR) is 115 cm³/mol. The molecule has 0 aromatic carbocycles. The fourth-order valence-electron chi connectivity index (χ4n) is 4.21. The van der Waals surface area contributed by atoms with E-state index in [-0.39, 0.29) is 5.91 Å². The zero-order chi connectivity index (χ0) is 20.6. The van der Waals surface area contributed by atoms with Gasteiger partial charge in [-0.25, -0.2) is 9.97 Å². The molecule has 0 saturated carbocycles. The summed E-state index contributed by atoms with van der Waals surface area (Å²) in [5, 5.41) is 0. The van der Waals surface area contributed by atoms with Gasteiger partial charge in [-0.1, -0.05) is 12.8 Å². The number of amides is 1. The molecule has 2 aromatic heterocycles. The summed E-state index contributed by atoms with van der Waals surface area (Å²) in [7, 11) is 0. The second kappa shape index (κ2) is 10.6. The minimum atomic E-state index is -0.0379. The number of carbonyl (C=O) groups excluding carboxylic acids is 1. The van der Waals surface area contributed by atoms with Gasteiger partial charge >= 0.3 is 0 Å². The molecule has 0 spiro atoms. The molecule has 7 heteroatoms. The number of pyridine rings is 1. The highest BCUT2D eigenvalue weighted by Crippen LogP contribution is 2.23. The molecule has 7 nitrogen and oxygen atoms in total. The van der Waals surface area contributed by atoms with Gasteiger partial charge in [-0.3, -0.25) is 4.79 Å². The molecule has 1 saturated heterocycles. The standard InChI is InChI=1S/C23H32N4O3/c28-23-20-18-30-22(25-20)19-9-10-24-21(17-19)29-16-7-2-1-6-14-27(23)15-8-13-26-11-4-3-5-12-26/h9-10,17-18H,1-8,11-16H2. The van der Waals surface area contributed by atoms with Crippen LogP contribution in [0.3, 0.4) is 0 Å². The second-order valence-electron chi connectivity index (χ2n) is 8.23. The third-order valence-corrected chi connectivity index (χ3v) is 5.92. The smallest absolute Gasteiger partial charge is 0.275 e. The summed E-state index contributed by atoms with van der Waals surface area (Å²) in [4.78, 5) is 26.4. The summed E-state index contributed by atoms with van der Waals surface area (Å²) in [6.45, 7) is 5.61. The lowest BCUT2D eigenvalue weighted by Gasteiger charge is -2.28. The van der Waals surface area contributed by atoms with Crippen LogP contribution in [-0.2, 0) is 0 Å². The Labute approximate surface area is 178 Å². The summed E-state index contributed by atoms with van der Waals surface area (Å²) < 4.78 is 11.4. The highest BCUT2D eigenvalue weighted by Gasteiger charge is 2.21. The van der Waals surface area contributed by atoms with Crippen LogP contribution in [0.15, 0.2) is 29.0 Å². The van der Waals surface area contributed by atoms with Gasteiger partial charge in [0.25, 0.3) is 5.91 Å². The monoisotopic (exact) mass is 412 g/mol. The lowest BCUT2D eigenvalue weighted by Crippen LogP contribution is -2.36. The van der Waals surface area contributed by atoms with Crippen LogP contribution in [0.4, 0.5) is 0 Å². The van der Waals surface area contributed by atoms with Gasteiger partial charge in [0.05, 0.1) is 6.61 Å². The molecule has 2 aromatic rings. The van der Waals surface area contributed by atoms with Crippen molar-refractivity contribution in [1.29, 1.82) is 0 Å². The van der Waals surface area contributed by atoms with Gasteiger partial charge < -0.3 is 19.0 Å². The van der Waals surface area contributed by atoms with Crippen molar-refractivity contribution in [3.05, 3.63) is 30.3 Å². The number of nitrogens with zero attached hydrogens (tertiary/aromatic N) is 4. The van der Waals surface area contributed by atoms with Gasteiger partial charge in [-0.05, 0) is 64.2 Å². The van der Waals surface area contributed by atoms with Crippen molar-refractivity contribution in [2.45, 2.75) is 51.4 Å². The van der Waals surface area contributed by atoms with Crippen LogP contribution in [0.2, 0.25) is 0 Å². The van der Waals surface area contributed by atoms with E-state index < -0.39 is 0 Å². The number of rotatable bonds is 4. The van der Waals surface area contributed by atoms with Crippen LogP contribution in [0.25, 0.3) is 11.5 Å². The van der Waals surface area contributed by atoms with Crippen molar-refractivity contribution in [3.63, 3.8) is 0 Å². The van der Waals surface area contributed by atoms with E-state index in [9.17, 15) is 4.79 Å². The molecule has 162 valence electrons. The number of hydrogen-bond acceptors (Lipinski definition) is 6. The zero-order valence-electron chi connectivity index (χ0n) is 17.7. The molecule has 4 rings (SSSR count). The van der Waals surface area contributed by atoms with Crippen molar-refractivity contribution in [1.82, 2.24) is 19.8 Å². The average molecular weight is 413 g/mol. The Morgan fingerprint density at radius 3 is 2.67 bits per heavy atom. The quantitative estimate of drug-likeness (QED) is 0.756. The fraction of sp³-hybridized carbons (Fsp3) is 0.609. The maximum absolute atomic E-state index is 13.2. The summed E-state index contributed by atoms with van der Waals surface area (Å²) in [6, 6.07) is 3.64. The Morgan fingerprint density at radius 2 is 1.77 bits per heavy atom. The van der Waals surface area contributed by atoms with Crippen LogP contribution in [0.1, 0.15) is 61.9 Å². The first-order valence-electron chi connectivity index (χ1n) is 11.4. The Kier molecular flexibility index (Phi) is 7.34. The van der Waals surface area contributed by atoms with Crippen molar-refractivity contribution in [2.75, 3.05) is 39.3 Å². The SMILES string of the molecule is O=C1c2coc(n2)-c2ccnc(c2)OCCCCCCN1CCCN1CCCCC1. The fourth-order valence-corrected chi connectivity index (χ4v) is 4.21.